The fourth-order valence-corrected chi connectivity index (χ4v) is 2.84. The molecule has 0 amide bonds. The largest absolute Gasteiger partial charge is 0.389 e. The number of aliphatic hydroxyl groups is 1. The summed E-state index contributed by atoms with van der Waals surface area (Å²) in [4.78, 5) is 13.5. The van der Waals surface area contributed by atoms with Gasteiger partial charge in [0.2, 0.25) is 5.82 Å². The highest BCUT2D eigenvalue weighted by Crippen LogP contribution is 2.32. The zero-order valence-electron chi connectivity index (χ0n) is 13.1. The molecule has 1 saturated heterocycles. The zero-order valence-corrected chi connectivity index (χ0v) is 13.8. The van der Waals surface area contributed by atoms with Crippen LogP contribution < -0.4 is 4.90 Å². The molecule has 130 valence electrons. The number of rotatable bonds is 3. The second-order valence-electron chi connectivity index (χ2n) is 5.95. The molecular weight excluding hydrogens is 354 g/mol. The van der Waals surface area contributed by atoms with E-state index in [1.807, 2.05) is 4.90 Å². The maximum Gasteiger partial charge on any atom is 0.303 e. The summed E-state index contributed by atoms with van der Waals surface area (Å²) in [5.41, 5.74) is 0.584. The van der Waals surface area contributed by atoms with Crippen molar-refractivity contribution in [2.45, 2.75) is 19.0 Å². The van der Waals surface area contributed by atoms with E-state index < -0.39 is 17.9 Å². The molecule has 7 nitrogen and oxygen atoms in total. The minimum Gasteiger partial charge on any atom is -0.389 e. The number of fused-ring (bicyclic) bond motifs is 1. The van der Waals surface area contributed by atoms with Gasteiger partial charge in [-0.2, -0.15) is 8.78 Å². The van der Waals surface area contributed by atoms with Crippen LogP contribution >= 0.6 is 11.6 Å². The Hall–Kier alpha value is -2.39. The summed E-state index contributed by atoms with van der Waals surface area (Å²) in [6, 6.07) is 3.08. The maximum absolute atomic E-state index is 13.5. The molecule has 25 heavy (non-hydrogen) atoms. The summed E-state index contributed by atoms with van der Waals surface area (Å²) in [7, 11) is 0. The van der Waals surface area contributed by atoms with Crippen LogP contribution in [0.4, 0.5) is 14.6 Å². The van der Waals surface area contributed by atoms with Crippen LogP contribution in [0.1, 0.15) is 12.7 Å². The molecule has 0 spiro atoms. The molecule has 4 rings (SSSR count). The lowest BCUT2D eigenvalue weighted by atomic mass is 10.1. The van der Waals surface area contributed by atoms with Gasteiger partial charge in [-0.05, 0) is 0 Å². The average Bonchev–Trinajstić information content (AvgIpc) is 2.89. The minimum atomic E-state index is -3.16. The SMILES string of the molecule is CC(F)(F)c1nccc(-n2nc(N3CC(O)C3)c3cnc(Cl)cc32)n1. The molecule has 1 fully saturated rings. The first-order valence-electron chi connectivity index (χ1n) is 7.52. The number of aliphatic hydroxyl groups excluding tert-OH is 1. The quantitative estimate of drug-likeness (QED) is 0.715. The normalized spacial score (nSPS) is 15.6. The predicted molar refractivity (Wildman–Crippen MR) is 87.3 cm³/mol. The van der Waals surface area contributed by atoms with Crippen LogP contribution in [-0.4, -0.2) is 49.0 Å². The fraction of sp³-hybridized carbons (Fsp3) is 0.333. The van der Waals surface area contributed by atoms with Gasteiger partial charge < -0.3 is 10.0 Å². The number of pyridine rings is 1. The van der Waals surface area contributed by atoms with Crippen molar-refractivity contribution in [1.29, 1.82) is 0 Å². The fourth-order valence-electron chi connectivity index (χ4n) is 2.69. The van der Waals surface area contributed by atoms with E-state index in [0.29, 0.717) is 29.8 Å². The number of β-amino-alcohol motifs (C(OH)–C–C–N with tert-alkyl or cyclic N) is 1. The van der Waals surface area contributed by atoms with Gasteiger partial charge in [0.1, 0.15) is 5.15 Å². The van der Waals surface area contributed by atoms with Crippen molar-refractivity contribution in [2.75, 3.05) is 18.0 Å². The number of aromatic nitrogens is 5. The summed E-state index contributed by atoms with van der Waals surface area (Å²) in [6.45, 7) is 1.62. The summed E-state index contributed by atoms with van der Waals surface area (Å²) < 4.78 is 28.5. The van der Waals surface area contributed by atoms with Crippen LogP contribution in [-0.2, 0) is 5.92 Å². The van der Waals surface area contributed by atoms with Gasteiger partial charge in [0, 0.05) is 44.5 Å². The van der Waals surface area contributed by atoms with Crippen LogP contribution in [0.2, 0.25) is 5.15 Å². The molecule has 3 aromatic heterocycles. The van der Waals surface area contributed by atoms with Crippen molar-refractivity contribution in [3.05, 3.63) is 35.5 Å². The molecule has 0 radical (unpaired) electrons. The number of alkyl halides is 2. The van der Waals surface area contributed by atoms with Gasteiger partial charge in [-0.3, -0.25) is 0 Å². The highest BCUT2D eigenvalue weighted by Gasteiger charge is 2.31. The van der Waals surface area contributed by atoms with Crippen LogP contribution in [0.25, 0.3) is 16.7 Å². The molecule has 0 unspecified atom stereocenters. The zero-order chi connectivity index (χ0) is 17.8. The van der Waals surface area contributed by atoms with E-state index in [-0.39, 0.29) is 11.0 Å². The van der Waals surface area contributed by atoms with Crippen LogP contribution in [0.3, 0.4) is 0 Å². The lowest BCUT2D eigenvalue weighted by Gasteiger charge is -2.36. The second kappa shape index (κ2) is 5.57. The Morgan fingerprint density at radius 3 is 2.76 bits per heavy atom. The van der Waals surface area contributed by atoms with E-state index >= 15 is 0 Å². The molecule has 4 heterocycles. The Morgan fingerprint density at radius 2 is 2.08 bits per heavy atom. The molecule has 0 aliphatic carbocycles. The van der Waals surface area contributed by atoms with Gasteiger partial charge in [-0.1, -0.05) is 11.6 Å². The van der Waals surface area contributed by atoms with E-state index in [1.54, 1.807) is 12.3 Å². The van der Waals surface area contributed by atoms with E-state index in [1.165, 1.54) is 16.9 Å². The summed E-state index contributed by atoms with van der Waals surface area (Å²) >= 11 is 5.98. The molecule has 0 aromatic carbocycles. The molecule has 0 atom stereocenters. The first kappa shape index (κ1) is 16.1. The van der Waals surface area contributed by atoms with E-state index in [0.717, 1.165) is 6.92 Å². The van der Waals surface area contributed by atoms with Gasteiger partial charge in [-0.25, -0.2) is 19.6 Å². The van der Waals surface area contributed by atoms with Crippen LogP contribution in [0, 0.1) is 0 Å². The second-order valence-corrected chi connectivity index (χ2v) is 6.33. The smallest absolute Gasteiger partial charge is 0.303 e. The molecule has 3 aromatic rings. The van der Waals surface area contributed by atoms with Crippen LogP contribution in [0.15, 0.2) is 24.5 Å². The maximum atomic E-state index is 13.5. The van der Waals surface area contributed by atoms with E-state index in [4.69, 9.17) is 11.6 Å². The third kappa shape index (κ3) is 2.79. The number of hydrogen-bond donors (Lipinski definition) is 1. The first-order valence-corrected chi connectivity index (χ1v) is 7.90. The first-order chi connectivity index (χ1) is 11.8. The summed E-state index contributed by atoms with van der Waals surface area (Å²) in [5.74, 6) is -2.96. The Balaban J connectivity index is 1.88. The Bertz CT molecular complexity index is 951. The van der Waals surface area contributed by atoms with Gasteiger partial charge in [0.15, 0.2) is 11.6 Å². The van der Waals surface area contributed by atoms with Gasteiger partial charge in [-0.15, -0.1) is 5.10 Å². The van der Waals surface area contributed by atoms with Gasteiger partial charge >= 0.3 is 5.92 Å². The van der Waals surface area contributed by atoms with Crippen molar-refractivity contribution in [3.63, 3.8) is 0 Å². The van der Waals surface area contributed by atoms with E-state index in [2.05, 4.69) is 20.1 Å². The van der Waals surface area contributed by atoms with Gasteiger partial charge in [0.05, 0.1) is 17.0 Å². The highest BCUT2D eigenvalue weighted by molar-refractivity contribution is 6.30. The number of nitrogens with zero attached hydrogens (tertiary/aromatic N) is 6. The Labute approximate surface area is 145 Å². The molecule has 1 aliphatic rings. The average molecular weight is 367 g/mol. The Kier molecular flexibility index (Phi) is 3.58. The lowest BCUT2D eigenvalue weighted by Crippen LogP contribution is -2.51. The summed E-state index contributed by atoms with van der Waals surface area (Å²) in [5, 5.41) is 14.9. The molecular formula is C15H13ClF2N6O. The molecule has 1 aliphatic heterocycles. The number of hydrogen-bond acceptors (Lipinski definition) is 6. The minimum absolute atomic E-state index is 0.200. The molecule has 1 N–H and O–H groups in total. The van der Waals surface area contributed by atoms with Crippen molar-refractivity contribution in [2.24, 2.45) is 0 Å². The molecule has 0 saturated carbocycles. The highest BCUT2D eigenvalue weighted by atomic mass is 35.5. The van der Waals surface area contributed by atoms with E-state index in [9.17, 15) is 13.9 Å². The van der Waals surface area contributed by atoms with Crippen molar-refractivity contribution < 1.29 is 13.9 Å². The Morgan fingerprint density at radius 1 is 1.32 bits per heavy atom. The third-order valence-electron chi connectivity index (χ3n) is 3.92. The van der Waals surface area contributed by atoms with Crippen molar-refractivity contribution >= 4 is 28.3 Å². The summed E-state index contributed by atoms with van der Waals surface area (Å²) in [6.07, 6.45) is 2.42. The topological polar surface area (TPSA) is 80.0 Å². The van der Waals surface area contributed by atoms with Gasteiger partial charge in [0.25, 0.3) is 0 Å². The third-order valence-corrected chi connectivity index (χ3v) is 4.13. The monoisotopic (exact) mass is 366 g/mol. The van der Waals surface area contributed by atoms with Crippen molar-refractivity contribution in [3.8, 4) is 5.82 Å². The standard InChI is InChI=1S/C15H13ClF2N6O/c1-15(17,18)14-19-3-2-12(21-14)24-10-4-11(16)20-5-9(10)13(22-24)23-6-8(25)7-23/h2-5,8,25H,6-7H2,1H3. The van der Waals surface area contributed by atoms with Crippen molar-refractivity contribution in [1.82, 2.24) is 24.7 Å². The molecule has 10 heteroatoms. The molecule has 0 bridgehead atoms. The number of anilines is 1. The predicted octanol–water partition coefficient (Wildman–Crippen LogP) is 2.16. The van der Waals surface area contributed by atoms with Crippen LogP contribution in [0.5, 0.6) is 0 Å². The lowest BCUT2D eigenvalue weighted by molar-refractivity contribution is 0.00763. The number of halogens is 3.